The average molecular weight is 414 g/mol. The number of para-hydroxylation sites is 1. The minimum absolute atomic E-state index is 0.0237. The average Bonchev–Trinajstić information content (AvgIpc) is 2.83. The van der Waals surface area contributed by atoms with E-state index >= 15 is 0 Å². The van der Waals surface area contributed by atoms with Gasteiger partial charge in [-0.3, -0.25) is 9.36 Å². The number of alkyl halides is 2. The summed E-state index contributed by atoms with van der Waals surface area (Å²) in [5, 5.41) is 0.678. The Morgan fingerprint density at radius 3 is 2.70 bits per heavy atom. The number of hydrogen-bond acceptors (Lipinski definition) is 3. The lowest BCUT2D eigenvalue weighted by molar-refractivity contribution is 0.966. The molecule has 0 saturated heterocycles. The molecule has 0 bridgehead atoms. The Kier molecular flexibility index (Phi) is 4.05. The number of benzene rings is 1. The predicted octanol–water partition coefficient (Wildman–Crippen LogP) is 4.11. The molecule has 3 nitrogen and oxygen atoms in total. The van der Waals surface area contributed by atoms with Gasteiger partial charge in [0.05, 0.1) is 14.8 Å². The molecule has 20 heavy (non-hydrogen) atoms. The third-order valence-electron chi connectivity index (χ3n) is 2.89. The molecule has 2 heterocycles. The predicted molar refractivity (Wildman–Crippen MR) is 90.6 cm³/mol. The minimum Gasteiger partial charge on any atom is -0.268 e. The van der Waals surface area contributed by atoms with E-state index in [1.807, 2.05) is 36.4 Å². The van der Waals surface area contributed by atoms with E-state index in [4.69, 9.17) is 0 Å². The van der Waals surface area contributed by atoms with Crippen LogP contribution < -0.4 is 5.56 Å². The van der Waals surface area contributed by atoms with Gasteiger partial charge in [0.25, 0.3) is 5.56 Å². The summed E-state index contributed by atoms with van der Waals surface area (Å²) in [5.41, 5.74) is 0.808. The highest BCUT2D eigenvalue weighted by atomic mass is 79.9. The van der Waals surface area contributed by atoms with Gasteiger partial charge in [-0.05, 0) is 18.2 Å². The highest BCUT2D eigenvalue weighted by molar-refractivity contribution is 9.24. The zero-order valence-corrected chi connectivity index (χ0v) is 14.3. The topological polar surface area (TPSA) is 34.9 Å². The fourth-order valence-electron chi connectivity index (χ4n) is 2.00. The molecular formula is C14H10Br2N2OS. The first-order chi connectivity index (χ1) is 9.65. The third-order valence-corrected chi connectivity index (χ3v) is 4.61. The lowest BCUT2D eigenvalue weighted by Crippen LogP contribution is -2.17. The maximum atomic E-state index is 12.5. The van der Waals surface area contributed by atoms with E-state index in [1.165, 1.54) is 0 Å². The van der Waals surface area contributed by atoms with Crippen molar-refractivity contribution in [3.05, 3.63) is 58.0 Å². The maximum absolute atomic E-state index is 12.5. The molecule has 1 aromatic carbocycles. The van der Waals surface area contributed by atoms with Crippen molar-refractivity contribution in [1.82, 2.24) is 9.55 Å². The quantitative estimate of drug-likeness (QED) is 0.605. The summed E-state index contributed by atoms with van der Waals surface area (Å²) in [6.07, 6.45) is 2.42. The van der Waals surface area contributed by atoms with Gasteiger partial charge < -0.3 is 0 Å². The van der Waals surface area contributed by atoms with Gasteiger partial charge in [0.1, 0.15) is 11.2 Å². The Bertz CT molecular complexity index is 796. The van der Waals surface area contributed by atoms with Gasteiger partial charge in [-0.25, -0.2) is 4.98 Å². The van der Waals surface area contributed by atoms with E-state index in [2.05, 4.69) is 36.8 Å². The second kappa shape index (κ2) is 5.79. The van der Waals surface area contributed by atoms with Gasteiger partial charge in [-0.2, -0.15) is 0 Å². The number of aromatic nitrogens is 2. The molecular weight excluding hydrogens is 404 g/mol. The van der Waals surface area contributed by atoms with E-state index in [1.54, 1.807) is 22.2 Å². The van der Waals surface area contributed by atoms with Gasteiger partial charge >= 0.3 is 0 Å². The number of halogens is 2. The van der Waals surface area contributed by atoms with Crippen molar-refractivity contribution in [3.63, 3.8) is 0 Å². The van der Waals surface area contributed by atoms with Crippen LogP contribution in [0.15, 0.2) is 47.5 Å². The molecule has 0 radical (unpaired) electrons. The van der Waals surface area contributed by atoms with E-state index in [-0.39, 0.29) is 9.30 Å². The zero-order valence-electron chi connectivity index (χ0n) is 10.3. The monoisotopic (exact) mass is 412 g/mol. The smallest absolute Gasteiger partial charge is 0.266 e. The first kappa shape index (κ1) is 14.0. The van der Waals surface area contributed by atoms with E-state index in [9.17, 15) is 4.79 Å². The van der Waals surface area contributed by atoms with E-state index < -0.39 is 0 Å². The van der Waals surface area contributed by atoms with Gasteiger partial charge in [-0.1, -0.05) is 50.1 Å². The van der Waals surface area contributed by atoms with Crippen LogP contribution in [-0.2, 0) is 6.42 Å². The molecule has 0 aliphatic heterocycles. The summed E-state index contributed by atoms with van der Waals surface area (Å²) in [6.45, 7) is 0. The number of nitrogens with zero attached hydrogens (tertiary/aromatic N) is 2. The van der Waals surface area contributed by atoms with Crippen LogP contribution in [0.25, 0.3) is 15.9 Å². The van der Waals surface area contributed by atoms with E-state index in [0.717, 1.165) is 21.8 Å². The minimum atomic E-state index is -0.0237. The SMILES string of the molecule is O=c1c2cc(CC(Br)Br)sc2ncn1-c1ccccc1. The Balaban J connectivity index is 2.14. The highest BCUT2D eigenvalue weighted by Crippen LogP contribution is 2.25. The first-order valence-electron chi connectivity index (χ1n) is 5.99. The summed E-state index contributed by atoms with van der Waals surface area (Å²) in [5.74, 6) is 0. The van der Waals surface area contributed by atoms with Crippen LogP contribution in [0.2, 0.25) is 0 Å². The van der Waals surface area contributed by atoms with Crippen molar-refractivity contribution >= 4 is 53.4 Å². The van der Waals surface area contributed by atoms with Crippen molar-refractivity contribution in [3.8, 4) is 5.69 Å². The molecule has 3 aromatic rings. The Labute approximate surface area is 136 Å². The van der Waals surface area contributed by atoms with Crippen LogP contribution >= 0.6 is 43.2 Å². The van der Waals surface area contributed by atoms with Crippen molar-refractivity contribution in [1.29, 1.82) is 0 Å². The van der Waals surface area contributed by atoms with E-state index in [0.29, 0.717) is 5.39 Å². The molecule has 6 heteroatoms. The maximum Gasteiger partial charge on any atom is 0.266 e. The Morgan fingerprint density at radius 1 is 1.25 bits per heavy atom. The van der Waals surface area contributed by atoms with Crippen molar-refractivity contribution in [2.75, 3.05) is 0 Å². The number of fused-ring (bicyclic) bond motifs is 1. The van der Waals surface area contributed by atoms with Gasteiger partial charge in [0.2, 0.25) is 0 Å². The number of rotatable bonds is 3. The molecule has 0 aliphatic rings. The van der Waals surface area contributed by atoms with Crippen molar-refractivity contribution in [2.45, 2.75) is 10.2 Å². The Morgan fingerprint density at radius 2 is 2.00 bits per heavy atom. The van der Waals surface area contributed by atoms with Crippen LogP contribution in [-0.4, -0.2) is 13.3 Å². The van der Waals surface area contributed by atoms with Crippen molar-refractivity contribution < 1.29 is 0 Å². The normalized spacial score (nSPS) is 11.3. The lowest BCUT2D eigenvalue weighted by Gasteiger charge is -2.03. The van der Waals surface area contributed by atoms with Crippen LogP contribution in [0.5, 0.6) is 0 Å². The Hall–Kier alpha value is -0.980. The van der Waals surface area contributed by atoms with Crippen LogP contribution in [0.3, 0.4) is 0 Å². The van der Waals surface area contributed by atoms with Crippen LogP contribution in [0.4, 0.5) is 0 Å². The largest absolute Gasteiger partial charge is 0.268 e. The molecule has 0 unspecified atom stereocenters. The molecule has 0 amide bonds. The summed E-state index contributed by atoms with van der Waals surface area (Å²) < 4.78 is 1.79. The summed E-state index contributed by atoms with van der Waals surface area (Å²) in [6, 6.07) is 11.5. The fourth-order valence-corrected chi connectivity index (χ4v) is 4.16. The van der Waals surface area contributed by atoms with Crippen molar-refractivity contribution in [2.24, 2.45) is 0 Å². The summed E-state index contributed by atoms with van der Waals surface area (Å²) in [4.78, 5) is 18.9. The number of thiophene rings is 1. The molecule has 0 fully saturated rings. The second-order valence-electron chi connectivity index (χ2n) is 4.28. The highest BCUT2D eigenvalue weighted by Gasteiger charge is 2.11. The molecule has 2 aromatic heterocycles. The molecule has 0 atom stereocenters. The first-order valence-corrected chi connectivity index (χ1v) is 8.63. The van der Waals surface area contributed by atoms with Crippen LogP contribution in [0.1, 0.15) is 4.88 Å². The fraction of sp³-hybridized carbons (Fsp3) is 0.143. The number of hydrogen-bond donors (Lipinski definition) is 0. The van der Waals surface area contributed by atoms with Gasteiger partial charge in [-0.15, -0.1) is 11.3 Å². The molecule has 0 aliphatic carbocycles. The zero-order chi connectivity index (χ0) is 14.1. The second-order valence-corrected chi connectivity index (χ2v) is 8.84. The van der Waals surface area contributed by atoms with Crippen LogP contribution in [0, 0.1) is 0 Å². The molecule has 3 rings (SSSR count). The molecule has 0 N–H and O–H groups in total. The third kappa shape index (κ3) is 2.73. The van der Waals surface area contributed by atoms with Gasteiger partial charge in [0, 0.05) is 11.3 Å². The molecule has 0 saturated carbocycles. The van der Waals surface area contributed by atoms with Gasteiger partial charge in [0.15, 0.2) is 0 Å². The molecule has 0 spiro atoms. The standard InChI is InChI=1S/C14H10Br2N2OS/c15-12(16)7-10-6-11-13(20-10)17-8-18(14(11)19)9-4-2-1-3-5-9/h1-6,8,12H,7H2. The summed E-state index contributed by atoms with van der Waals surface area (Å²) in [7, 11) is 0. The molecule has 102 valence electrons. The lowest BCUT2D eigenvalue weighted by atomic mass is 10.3. The summed E-state index contributed by atoms with van der Waals surface area (Å²) >= 11 is 8.47.